The van der Waals surface area contributed by atoms with Crippen LogP contribution in [0.2, 0.25) is 0 Å². The van der Waals surface area contributed by atoms with Gasteiger partial charge in [-0.1, -0.05) is 6.92 Å². The Kier molecular flexibility index (Phi) is 3.88. The lowest BCUT2D eigenvalue weighted by molar-refractivity contribution is -0.720. The Balaban J connectivity index is 2.07. The molecule has 4 nitrogen and oxygen atoms in total. The fraction of sp³-hybridized carbons (Fsp3) is 0.625. The zero-order valence-corrected chi connectivity index (χ0v) is 14.0. The van der Waals surface area contributed by atoms with Gasteiger partial charge in [0.1, 0.15) is 10.9 Å². The van der Waals surface area contributed by atoms with Crippen molar-refractivity contribution in [2.45, 2.75) is 59.0 Å². The monoisotopic (exact) mass is 306 g/mol. The van der Waals surface area contributed by atoms with Crippen molar-refractivity contribution in [2.24, 2.45) is 5.92 Å². The number of nitrogens with two attached hydrogens (primary N) is 1. The largest absolute Gasteiger partial charge is 0.336 e. The molecule has 0 fully saturated rings. The number of hydrogen-bond donors (Lipinski definition) is 2. The molecule has 0 unspecified atom stereocenters. The predicted molar refractivity (Wildman–Crippen MR) is 86.9 cm³/mol. The number of aromatic nitrogens is 2. The van der Waals surface area contributed by atoms with E-state index in [1.165, 1.54) is 16.9 Å². The zero-order chi connectivity index (χ0) is 15.1. The summed E-state index contributed by atoms with van der Waals surface area (Å²) in [6, 6.07) is 0.665. The van der Waals surface area contributed by atoms with Gasteiger partial charge < -0.3 is 10.3 Å². The molecular formula is C16H24N3OS+. The molecule has 2 atom stereocenters. The quantitative estimate of drug-likeness (QED) is 0.912. The molecule has 114 valence electrons. The molecule has 0 radical (unpaired) electrons. The number of rotatable bonds is 3. The van der Waals surface area contributed by atoms with Crippen LogP contribution in [0.3, 0.4) is 0 Å². The van der Waals surface area contributed by atoms with E-state index in [0.29, 0.717) is 6.04 Å². The van der Waals surface area contributed by atoms with E-state index in [-0.39, 0.29) is 11.6 Å². The summed E-state index contributed by atoms with van der Waals surface area (Å²) in [6.07, 6.45) is 3.30. The summed E-state index contributed by atoms with van der Waals surface area (Å²) in [7, 11) is 0. The van der Waals surface area contributed by atoms with Crippen molar-refractivity contribution in [2.75, 3.05) is 0 Å². The van der Waals surface area contributed by atoms with E-state index in [2.05, 4.69) is 38.0 Å². The maximum atomic E-state index is 12.5. The van der Waals surface area contributed by atoms with Gasteiger partial charge in [-0.2, -0.15) is 0 Å². The van der Waals surface area contributed by atoms with Crippen LogP contribution in [0.1, 0.15) is 56.4 Å². The third kappa shape index (κ3) is 2.77. The van der Waals surface area contributed by atoms with Crippen molar-refractivity contribution in [1.29, 1.82) is 0 Å². The van der Waals surface area contributed by atoms with Gasteiger partial charge in [-0.25, -0.2) is 4.98 Å². The molecule has 0 aromatic carbocycles. The molecule has 1 aliphatic carbocycles. The highest BCUT2D eigenvalue weighted by Crippen LogP contribution is 2.35. The molecule has 2 aromatic rings. The smallest absolute Gasteiger partial charge is 0.260 e. The fourth-order valence-corrected chi connectivity index (χ4v) is 4.64. The third-order valence-electron chi connectivity index (χ3n) is 4.29. The fourth-order valence-electron chi connectivity index (χ4n) is 3.25. The SMILES string of the molecule is CC(C)[NH2+][C@H](C)c1nc2sc3c(c2c(=O)[nH]1)CC[C@@H](C)C3. The number of thiophene rings is 1. The predicted octanol–water partition coefficient (Wildman–Crippen LogP) is 2.14. The second kappa shape index (κ2) is 5.54. The summed E-state index contributed by atoms with van der Waals surface area (Å²) in [4.78, 5) is 22.6. The molecule has 3 rings (SSSR count). The Labute approximate surface area is 129 Å². The lowest BCUT2D eigenvalue weighted by Crippen LogP contribution is -2.89. The second-order valence-corrected chi connectivity index (χ2v) is 7.79. The maximum Gasteiger partial charge on any atom is 0.260 e. The maximum absolute atomic E-state index is 12.5. The van der Waals surface area contributed by atoms with Crippen molar-refractivity contribution >= 4 is 21.6 Å². The first-order valence-electron chi connectivity index (χ1n) is 7.85. The summed E-state index contributed by atoms with van der Waals surface area (Å²) >= 11 is 1.72. The molecule has 5 heteroatoms. The molecule has 2 aromatic heterocycles. The minimum absolute atomic E-state index is 0.0473. The first kappa shape index (κ1) is 14.7. The van der Waals surface area contributed by atoms with Gasteiger partial charge in [-0.3, -0.25) is 4.79 Å². The normalized spacial score (nSPS) is 20.0. The molecule has 21 heavy (non-hydrogen) atoms. The summed E-state index contributed by atoms with van der Waals surface area (Å²) in [5, 5.41) is 3.07. The van der Waals surface area contributed by atoms with Crippen LogP contribution in [0.25, 0.3) is 10.2 Å². The number of hydrogen-bond acceptors (Lipinski definition) is 3. The van der Waals surface area contributed by atoms with E-state index >= 15 is 0 Å². The van der Waals surface area contributed by atoms with Gasteiger partial charge in [0.15, 0.2) is 5.82 Å². The molecular weight excluding hydrogens is 282 g/mol. The van der Waals surface area contributed by atoms with Crippen LogP contribution in [0.5, 0.6) is 0 Å². The number of aromatic amines is 1. The summed E-state index contributed by atoms with van der Waals surface area (Å²) in [5.41, 5.74) is 1.31. The average Bonchev–Trinajstić information content (AvgIpc) is 2.75. The van der Waals surface area contributed by atoms with Gasteiger partial charge in [-0.15, -0.1) is 11.3 Å². The Morgan fingerprint density at radius 3 is 2.86 bits per heavy atom. The topological polar surface area (TPSA) is 62.4 Å². The Bertz CT molecular complexity index is 716. The average molecular weight is 306 g/mol. The first-order chi connectivity index (χ1) is 9.95. The molecule has 0 aliphatic heterocycles. The number of quaternary nitrogens is 1. The Morgan fingerprint density at radius 2 is 2.14 bits per heavy atom. The summed E-state index contributed by atoms with van der Waals surface area (Å²) in [6.45, 7) is 8.69. The van der Waals surface area contributed by atoms with Gasteiger partial charge in [0.05, 0.1) is 11.4 Å². The lowest BCUT2D eigenvalue weighted by atomic mass is 9.89. The summed E-state index contributed by atoms with van der Waals surface area (Å²) < 4.78 is 0. The van der Waals surface area contributed by atoms with Crippen LogP contribution in [0.15, 0.2) is 4.79 Å². The minimum Gasteiger partial charge on any atom is -0.336 e. The van der Waals surface area contributed by atoms with Crippen molar-refractivity contribution < 1.29 is 5.32 Å². The zero-order valence-electron chi connectivity index (χ0n) is 13.2. The molecule has 0 spiro atoms. The molecule has 1 aliphatic rings. The van der Waals surface area contributed by atoms with E-state index in [9.17, 15) is 4.79 Å². The van der Waals surface area contributed by atoms with Crippen LogP contribution in [-0.2, 0) is 12.8 Å². The standard InChI is InChI=1S/C16H23N3OS/c1-8(2)17-10(4)14-18-15(20)13-11-6-5-9(3)7-12(11)21-16(13)19-14/h8-10,17H,5-7H2,1-4H3,(H,18,19,20)/p+1/t9-,10-/m1/s1. The number of fused-ring (bicyclic) bond motifs is 3. The molecule has 3 N–H and O–H groups in total. The molecule has 0 amide bonds. The van der Waals surface area contributed by atoms with E-state index in [1.807, 2.05) is 0 Å². The highest BCUT2D eigenvalue weighted by atomic mass is 32.1. The van der Waals surface area contributed by atoms with E-state index in [0.717, 1.165) is 34.8 Å². The number of aryl methyl sites for hydroxylation is 1. The van der Waals surface area contributed by atoms with Gasteiger partial charge in [0, 0.05) is 4.88 Å². The van der Waals surface area contributed by atoms with Crippen molar-refractivity contribution in [3.63, 3.8) is 0 Å². The van der Waals surface area contributed by atoms with Crippen LogP contribution in [0, 0.1) is 5.92 Å². The molecule has 0 saturated carbocycles. The highest BCUT2D eigenvalue weighted by molar-refractivity contribution is 7.18. The Hall–Kier alpha value is -1.20. The molecule has 0 bridgehead atoms. The van der Waals surface area contributed by atoms with Crippen molar-refractivity contribution in [1.82, 2.24) is 9.97 Å². The van der Waals surface area contributed by atoms with Gasteiger partial charge in [0.25, 0.3) is 5.56 Å². The van der Waals surface area contributed by atoms with Gasteiger partial charge in [0.2, 0.25) is 0 Å². The number of nitrogens with one attached hydrogen (secondary N) is 1. The van der Waals surface area contributed by atoms with Gasteiger partial charge in [-0.05, 0) is 51.5 Å². The number of H-pyrrole nitrogens is 1. The lowest BCUT2D eigenvalue weighted by Gasteiger charge is -2.17. The van der Waals surface area contributed by atoms with Gasteiger partial charge >= 0.3 is 0 Å². The molecule has 2 heterocycles. The van der Waals surface area contributed by atoms with E-state index in [4.69, 9.17) is 4.98 Å². The van der Waals surface area contributed by atoms with Crippen LogP contribution < -0.4 is 10.9 Å². The van der Waals surface area contributed by atoms with Crippen LogP contribution in [0.4, 0.5) is 0 Å². The van der Waals surface area contributed by atoms with E-state index < -0.39 is 0 Å². The Morgan fingerprint density at radius 1 is 1.38 bits per heavy atom. The van der Waals surface area contributed by atoms with Crippen LogP contribution in [-0.4, -0.2) is 16.0 Å². The summed E-state index contributed by atoms with van der Waals surface area (Å²) in [5.74, 6) is 1.52. The highest BCUT2D eigenvalue weighted by Gasteiger charge is 2.24. The van der Waals surface area contributed by atoms with E-state index in [1.54, 1.807) is 11.3 Å². The third-order valence-corrected chi connectivity index (χ3v) is 5.44. The van der Waals surface area contributed by atoms with Crippen molar-refractivity contribution in [3.8, 4) is 0 Å². The first-order valence-corrected chi connectivity index (χ1v) is 8.66. The second-order valence-electron chi connectivity index (χ2n) is 6.71. The van der Waals surface area contributed by atoms with Crippen molar-refractivity contribution in [3.05, 3.63) is 26.6 Å². The minimum atomic E-state index is 0.0473. The van der Waals surface area contributed by atoms with Crippen LogP contribution >= 0.6 is 11.3 Å². The molecule has 0 saturated heterocycles. The number of nitrogens with zero attached hydrogens (tertiary/aromatic N) is 1.